The Morgan fingerprint density at radius 2 is 1.03 bits per heavy atom. The van der Waals surface area contributed by atoms with Crippen molar-refractivity contribution < 1.29 is 0 Å². The zero-order chi connectivity index (χ0) is 48.1. The maximum atomic E-state index is 2.55. The number of aryl methyl sites for hydroxylation is 3. The molecule has 0 bridgehead atoms. The van der Waals surface area contributed by atoms with Crippen molar-refractivity contribution in [1.82, 2.24) is 0 Å². The van der Waals surface area contributed by atoms with Crippen LogP contribution in [0.1, 0.15) is 122 Å². The van der Waals surface area contributed by atoms with Crippen molar-refractivity contribution in [2.45, 2.75) is 98.3 Å². The predicted molar refractivity (Wildman–Crippen MR) is 299 cm³/mol. The topological polar surface area (TPSA) is 3.24 Å². The molecule has 3 aliphatic rings. The summed E-state index contributed by atoms with van der Waals surface area (Å²) in [7, 11) is 0. The van der Waals surface area contributed by atoms with Gasteiger partial charge in [0, 0.05) is 28.9 Å². The second kappa shape index (κ2) is 23.4. The highest BCUT2D eigenvalue weighted by molar-refractivity contribution is 5.81. The van der Waals surface area contributed by atoms with E-state index in [1.807, 2.05) is 18.2 Å². The van der Waals surface area contributed by atoms with Gasteiger partial charge in [-0.05, 0) is 159 Å². The van der Waals surface area contributed by atoms with Crippen LogP contribution >= 0.6 is 0 Å². The lowest BCUT2D eigenvalue weighted by Gasteiger charge is -2.36. The molecular weight excluding hydrogens is 831 g/mol. The maximum Gasteiger partial charge on any atom is 0.0462 e. The second-order valence-corrected chi connectivity index (χ2v) is 19.5. The maximum absolute atomic E-state index is 2.55. The number of rotatable bonds is 9. The molecule has 0 saturated carbocycles. The summed E-state index contributed by atoms with van der Waals surface area (Å²) in [6, 6.07) is 64.7. The van der Waals surface area contributed by atoms with Crippen LogP contribution < -0.4 is 4.90 Å². The summed E-state index contributed by atoms with van der Waals surface area (Å²) in [5.41, 5.74) is 21.1. The molecule has 0 radical (unpaired) electrons. The van der Waals surface area contributed by atoms with Crippen LogP contribution in [0.2, 0.25) is 0 Å². The summed E-state index contributed by atoms with van der Waals surface area (Å²) < 4.78 is 0. The first-order valence-electron chi connectivity index (χ1n) is 25.3. The van der Waals surface area contributed by atoms with E-state index in [0.29, 0.717) is 23.7 Å². The molecule has 7 aromatic carbocycles. The standard InChI is InChI=1S/C54H53N.C7H10.C7H8/c1-37-16-19-42(20-17-37)41(5)54-34-38(2)18-33-51(54)53-36-52(39(3)35-40(53)4)47-25-31-50(32-26-47)55(48-27-21-45(22-28-48)43-12-8-6-9-13-43)49-29-23-46(24-30-49)44-14-10-7-11-15-44;2*1-7-5-3-2-4-6-7/h6,8-10,12-35,40-41,52-53H,7,11,36H2,1-5H3;3,5-6H,2,4H2,1H3;2-6H,1H3/t40?,41-,52?,53?;;/m0../s1. The summed E-state index contributed by atoms with van der Waals surface area (Å²) in [4.78, 5) is 2.40. The molecule has 7 aromatic rings. The molecule has 4 atom stereocenters. The van der Waals surface area contributed by atoms with Gasteiger partial charge in [0.05, 0.1) is 0 Å². The minimum atomic E-state index is 0.338. The first kappa shape index (κ1) is 48.5. The second-order valence-electron chi connectivity index (χ2n) is 19.5. The molecule has 0 spiro atoms. The van der Waals surface area contributed by atoms with Crippen LogP contribution in [0, 0.1) is 26.7 Å². The molecule has 0 heterocycles. The molecule has 10 rings (SSSR count). The summed E-state index contributed by atoms with van der Waals surface area (Å²) in [5, 5.41) is 0. The van der Waals surface area contributed by atoms with E-state index in [1.54, 1.807) is 0 Å². The Balaban J connectivity index is 0.000000393. The van der Waals surface area contributed by atoms with Gasteiger partial charge < -0.3 is 4.90 Å². The molecule has 0 N–H and O–H groups in total. The van der Waals surface area contributed by atoms with Gasteiger partial charge in [-0.15, -0.1) is 0 Å². The molecule has 1 heteroatoms. The normalized spacial score (nSPS) is 17.7. The molecule has 348 valence electrons. The first-order valence-corrected chi connectivity index (χ1v) is 25.3. The molecule has 3 aliphatic carbocycles. The van der Waals surface area contributed by atoms with Gasteiger partial charge in [-0.1, -0.05) is 224 Å². The molecule has 0 amide bonds. The molecule has 0 aromatic heterocycles. The lowest BCUT2D eigenvalue weighted by molar-refractivity contribution is 0.445. The fourth-order valence-electron chi connectivity index (χ4n) is 10.2. The minimum absolute atomic E-state index is 0.338. The number of hydrogen-bond donors (Lipinski definition) is 0. The predicted octanol–water partition coefficient (Wildman–Crippen LogP) is 19.5. The quantitative estimate of drug-likeness (QED) is 0.131. The van der Waals surface area contributed by atoms with Gasteiger partial charge in [-0.25, -0.2) is 0 Å². The van der Waals surface area contributed by atoms with Crippen molar-refractivity contribution in [3.8, 4) is 11.1 Å². The van der Waals surface area contributed by atoms with Crippen LogP contribution in [-0.4, -0.2) is 0 Å². The van der Waals surface area contributed by atoms with Gasteiger partial charge in [0.15, 0.2) is 0 Å². The highest BCUT2D eigenvalue weighted by Crippen LogP contribution is 2.47. The van der Waals surface area contributed by atoms with Gasteiger partial charge in [-0.2, -0.15) is 0 Å². The van der Waals surface area contributed by atoms with Crippen molar-refractivity contribution in [2.24, 2.45) is 5.92 Å². The van der Waals surface area contributed by atoms with Crippen molar-refractivity contribution in [2.75, 3.05) is 4.90 Å². The zero-order valence-corrected chi connectivity index (χ0v) is 42.1. The van der Waals surface area contributed by atoms with Crippen molar-refractivity contribution in [1.29, 1.82) is 0 Å². The molecule has 0 fully saturated rings. The summed E-state index contributed by atoms with van der Waals surface area (Å²) in [6.07, 6.45) is 21.9. The van der Waals surface area contributed by atoms with E-state index in [2.05, 4.69) is 254 Å². The van der Waals surface area contributed by atoms with E-state index in [4.69, 9.17) is 0 Å². The fraction of sp³-hybridized carbons (Fsp3) is 0.235. The third-order valence-corrected chi connectivity index (χ3v) is 14.2. The number of benzene rings is 7. The first-order chi connectivity index (χ1) is 33.6. The van der Waals surface area contributed by atoms with Crippen LogP contribution in [0.5, 0.6) is 0 Å². The fourth-order valence-corrected chi connectivity index (χ4v) is 10.2. The number of hydrogen-bond acceptors (Lipinski definition) is 1. The van der Waals surface area contributed by atoms with Crippen LogP contribution in [-0.2, 0) is 0 Å². The van der Waals surface area contributed by atoms with E-state index in [1.165, 1.54) is 85.2 Å². The third-order valence-electron chi connectivity index (χ3n) is 14.2. The van der Waals surface area contributed by atoms with E-state index >= 15 is 0 Å². The highest BCUT2D eigenvalue weighted by atomic mass is 15.1. The number of anilines is 3. The summed E-state index contributed by atoms with van der Waals surface area (Å²) in [6.45, 7) is 15.8. The van der Waals surface area contributed by atoms with Crippen molar-refractivity contribution in [3.63, 3.8) is 0 Å². The van der Waals surface area contributed by atoms with Gasteiger partial charge >= 0.3 is 0 Å². The molecular formula is C68H71N. The minimum Gasteiger partial charge on any atom is -0.311 e. The number of allylic oxidation sites excluding steroid dienone is 10. The molecule has 69 heavy (non-hydrogen) atoms. The monoisotopic (exact) mass is 902 g/mol. The lowest BCUT2D eigenvalue weighted by Crippen LogP contribution is -2.21. The largest absolute Gasteiger partial charge is 0.311 e. The Labute approximate surface area is 415 Å². The molecule has 0 saturated heterocycles. The average Bonchev–Trinajstić information content (AvgIpc) is 3.39. The Bertz CT molecular complexity index is 2890. The van der Waals surface area contributed by atoms with Gasteiger partial charge in [0.25, 0.3) is 0 Å². The van der Waals surface area contributed by atoms with E-state index < -0.39 is 0 Å². The van der Waals surface area contributed by atoms with Crippen LogP contribution in [0.15, 0.2) is 230 Å². The van der Waals surface area contributed by atoms with Crippen LogP contribution in [0.3, 0.4) is 0 Å². The Hall–Kier alpha value is -6.96. The smallest absolute Gasteiger partial charge is 0.0462 e. The van der Waals surface area contributed by atoms with E-state index in [-0.39, 0.29) is 0 Å². The van der Waals surface area contributed by atoms with Crippen LogP contribution in [0.4, 0.5) is 17.1 Å². The average molecular weight is 902 g/mol. The Morgan fingerprint density at radius 1 is 0.493 bits per heavy atom. The molecule has 0 aliphatic heterocycles. The summed E-state index contributed by atoms with van der Waals surface area (Å²) in [5.74, 6) is 1.63. The van der Waals surface area contributed by atoms with E-state index in [9.17, 15) is 0 Å². The van der Waals surface area contributed by atoms with Crippen LogP contribution in [0.25, 0.3) is 16.7 Å². The number of nitrogens with zero attached hydrogens (tertiary/aromatic N) is 1. The summed E-state index contributed by atoms with van der Waals surface area (Å²) >= 11 is 0. The highest BCUT2D eigenvalue weighted by Gasteiger charge is 2.32. The zero-order valence-electron chi connectivity index (χ0n) is 42.1. The Kier molecular flexibility index (Phi) is 16.4. The lowest BCUT2D eigenvalue weighted by atomic mass is 9.69. The third kappa shape index (κ3) is 12.6. The van der Waals surface area contributed by atoms with Gasteiger partial charge in [0.1, 0.15) is 0 Å². The SMILES string of the molecule is CC1=CC(C)C(c2ccc(C)cc2[C@@H](C)c2ccc(C)cc2)CC1c1ccc(N(c2ccc(C3=CCCC=C3)cc2)c2ccc(-c3ccccc3)cc2)cc1.CC1=CCCC=C1.Cc1ccccc1. The van der Waals surface area contributed by atoms with E-state index in [0.717, 1.165) is 36.3 Å². The Morgan fingerprint density at radius 3 is 1.57 bits per heavy atom. The van der Waals surface area contributed by atoms with Crippen molar-refractivity contribution in [3.05, 3.63) is 274 Å². The van der Waals surface area contributed by atoms with Crippen molar-refractivity contribution >= 4 is 22.6 Å². The molecule has 1 nitrogen and oxygen atoms in total. The molecule has 3 unspecified atom stereocenters. The van der Waals surface area contributed by atoms with Gasteiger partial charge in [-0.3, -0.25) is 0 Å². The van der Waals surface area contributed by atoms with Gasteiger partial charge in [0.2, 0.25) is 0 Å².